The first-order chi connectivity index (χ1) is 12.5. The molecule has 26 heavy (non-hydrogen) atoms. The van der Waals surface area contributed by atoms with Gasteiger partial charge >= 0.3 is 0 Å². The Bertz CT molecular complexity index is 832. The van der Waals surface area contributed by atoms with Gasteiger partial charge in [0, 0.05) is 36.8 Å². The number of ether oxygens (including phenoxy) is 1. The summed E-state index contributed by atoms with van der Waals surface area (Å²) in [6, 6.07) is 11.2. The third-order valence-corrected chi connectivity index (χ3v) is 4.58. The van der Waals surface area contributed by atoms with Gasteiger partial charge in [-0.2, -0.15) is 0 Å². The molecule has 0 radical (unpaired) electrons. The van der Waals surface area contributed by atoms with Crippen LogP contribution in [0.2, 0.25) is 5.02 Å². The molecule has 1 N–H and O–H groups in total. The molecule has 2 aromatic rings. The molecule has 0 spiro atoms. The van der Waals surface area contributed by atoms with Crippen molar-refractivity contribution in [2.75, 3.05) is 33.3 Å². The van der Waals surface area contributed by atoms with Gasteiger partial charge in [0.1, 0.15) is 11.5 Å². The average Bonchev–Trinajstić information content (AvgIpc) is 2.67. The van der Waals surface area contributed by atoms with Crippen LogP contribution >= 0.6 is 11.6 Å². The topological polar surface area (TPSA) is 70.1 Å². The number of aromatic hydroxyl groups is 1. The van der Waals surface area contributed by atoms with Crippen molar-refractivity contribution >= 4 is 23.4 Å². The van der Waals surface area contributed by atoms with E-state index in [2.05, 4.69) is 0 Å². The summed E-state index contributed by atoms with van der Waals surface area (Å²) in [7, 11) is 1.49. The van der Waals surface area contributed by atoms with Gasteiger partial charge < -0.3 is 19.6 Å². The number of hydrogen-bond donors (Lipinski definition) is 1. The zero-order valence-electron chi connectivity index (χ0n) is 14.3. The highest BCUT2D eigenvalue weighted by Crippen LogP contribution is 2.25. The summed E-state index contributed by atoms with van der Waals surface area (Å²) >= 11 is 5.94. The van der Waals surface area contributed by atoms with Crippen LogP contribution in [0.15, 0.2) is 42.5 Å². The number of methoxy groups -OCH3 is 1. The largest absolute Gasteiger partial charge is 0.508 e. The summed E-state index contributed by atoms with van der Waals surface area (Å²) < 4.78 is 5.25. The van der Waals surface area contributed by atoms with Gasteiger partial charge in [-0.05, 0) is 36.4 Å². The van der Waals surface area contributed by atoms with Crippen LogP contribution in [0.5, 0.6) is 11.5 Å². The Morgan fingerprint density at radius 1 is 1.00 bits per heavy atom. The maximum absolute atomic E-state index is 12.7. The van der Waals surface area contributed by atoms with Gasteiger partial charge in [-0.25, -0.2) is 0 Å². The first-order valence-electron chi connectivity index (χ1n) is 8.20. The van der Waals surface area contributed by atoms with E-state index >= 15 is 0 Å². The van der Waals surface area contributed by atoms with Crippen LogP contribution in [-0.4, -0.2) is 60.0 Å². The van der Waals surface area contributed by atoms with Crippen molar-refractivity contribution in [2.45, 2.75) is 0 Å². The highest BCUT2D eigenvalue weighted by atomic mass is 35.5. The van der Waals surface area contributed by atoms with E-state index < -0.39 is 0 Å². The predicted molar refractivity (Wildman–Crippen MR) is 97.9 cm³/mol. The van der Waals surface area contributed by atoms with Crippen molar-refractivity contribution in [1.82, 2.24) is 9.80 Å². The molecule has 1 saturated heterocycles. The number of rotatable bonds is 3. The Labute approximate surface area is 156 Å². The van der Waals surface area contributed by atoms with Crippen LogP contribution in [0.1, 0.15) is 20.7 Å². The number of hydrogen-bond acceptors (Lipinski definition) is 4. The number of carbonyl (C=O) groups is 2. The lowest BCUT2D eigenvalue weighted by Gasteiger charge is -2.35. The fourth-order valence-electron chi connectivity index (χ4n) is 2.95. The standard InChI is InChI=1S/C19H19ClN2O4/c1-26-17-12-14(20)5-6-16(17)19(25)22-9-7-21(8-10-22)18(24)13-3-2-4-15(23)11-13/h2-6,11-12,23H,7-10H2,1H3. The van der Waals surface area contributed by atoms with Crippen molar-refractivity contribution < 1.29 is 19.4 Å². The van der Waals surface area contributed by atoms with Gasteiger partial charge in [0.2, 0.25) is 0 Å². The van der Waals surface area contributed by atoms with Gasteiger partial charge in [-0.15, -0.1) is 0 Å². The minimum atomic E-state index is -0.155. The molecule has 3 rings (SSSR count). The van der Waals surface area contributed by atoms with E-state index in [0.29, 0.717) is 48.1 Å². The third-order valence-electron chi connectivity index (χ3n) is 4.34. The molecule has 136 valence electrons. The van der Waals surface area contributed by atoms with E-state index in [1.807, 2.05) is 0 Å². The van der Waals surface area contributed by atoms with Crippen molar-refractivity contribution in [2.24, 2.45) is 0 Å². The van der Waals surface area contributed by atoms with Gasteiger partial charge in [-0.1, -0.05) is 17.7 Å². The van der Waals surface area contributed by atoms with E-state index in [4.69, 9.17) is 16.3 Å². The number of amides is 2. The molecule has 1 heterocycles. The number of benzene rings is 2. The van der Waals surface area contributed by atoms with Crippen molar-refractivity contribution in [3.8, 4) is 11.5 Å². The summed E-state index contributed by atoms with van der Waals surface area (Å²) in [4.78, 5) is 28.6. The number of phenols is 1. The summed E-state index contributed by atoms with van der Waals surface area (Å²) in [5, 5.41) is 10.0. The highest BCUT2D eigenvalue weighted by molar-refractivity contribution is 6.30. The van der Waals surface area contributed by atoms with Crippen LogP contribution in [0.25, 0.3) is 0 Å². The Kier molecular flexibility index (Phi) is 5.32. The quantitative estimate of drug-likeness (QED) is 0.896. The Morgan fingerprint density at radius 3 is 2.27 bits per heavy atom. The fraction of sp³-hybridized carbons (Fsp3) is 0.263. The molecule has 1 fully saturated rings. The first-order valence-corrected chi connectivity index (χ1v) is 8.58. The summed E-state index contributed by atoms with van der Waals surface area (Å²) in [6.45, 7) is 1.70. The molecule has 1 aliphatic heterocycles. The van der Waals surface area contributed by atoms with Crippen molar-refractivity contribution in [1.29, 1.82) is 0 Å². The third kappa shape index (κ3) is 3.75. The molecule has 0 saturated carbocycles. The smallest absolute Gasteiger partial charge is 0.257 e. The van der Waals surface area contributed by atoms with E-state index in [1.165, 1.54) is 19.2 Å². The zero-order valence-corrected chi connectivity index (χ0v) is 15.1. The molecule has 0 aliphatic carbocycles. The van der Waals surface area contributed by atoms with Crippen LogP contribution in [0.3, 0.4) is 0 Å². The van der Waals surface area contributed by atoms with E-state index in [9.17, 15) is 14.7 Å². The lowest BCUT2D eigenvalue weighted by atomic mass is 10.1. The molecular weight excluding hydrogens is 356 g/mol. The molecule has 0 aromatic heterocycles. The molecule has 1 aliphatic rings. The Balaban J connectivity index is 1.67. The lowest BCUT2D eigenvalue weighted by Crippen LogP contribution is -2.50. The van der Waals surface area contributed by atoms with Crippen molar-refractivity contribution in [3.05, 3.63) is 58.6 Å². The molecule has 6 nitrogen and oxygen atoms in total. The lowest BCUT2D eigenvalue weighted by molar-refractivity contribution is 0.0533. The molecule has 2 amide bonds. The number of piperazine rings is 1. The van der Waals surface area contributed by atoms with Crippen LogP contribution in [0.4, 0.5) is 0 Å². The van der Waals surface area contributed by atoms with Crippen molar-refractivity contribution in [3.63, 3.8) is 0 Å². The van der Waals surface area contributed by atoms with E-state index in [0.717, 1.165) is 0 Å². The normalized spacial score (nSPS) is 14.2. The van der Waals surface area contributed by atoms with Crippen LogP contribution in [0, 0.1) is 0 Å². The second-order valence-corrected chi connectivity index (χ2v) is 6.42. The van der Waals surface area contributed by atoms with Gasteiger partial charge in [0.15, 0.2) is 0 Å². The SMILES string of the molecule is COc1cc(Cl)ccc1C(=O)N1CCN(C(=O)c2cccc(O)c2)CC1. The maximum Gasteiger partial charge on any atom is 0.257 e. The molecular formula is C19H19ClN2O4. The molecule has 0 atom stereocenters. The molecule has 0 bridgehead atoms. The zero-order chi connectivity index (χ0) is 18.7. The number of carbonyl (C=O) groups excluding carboxylic acids is 2. The number of halogens is 1. The molecule has 0 unspecified atom stereocenters. The van der Waals surface area contributed by atoms with Crippen LogP contribution < -0.4 is 4.74 Å². The van der Waals surface area contributed by atoms with Gasteiger partial charge in [-0.3, -0.25) is 9.59 Å². The minimum Gasteiger partial charge on any atom is -0.508 e. The molecule has 2 aromatic carbocycles. The fourth-order valence-corrected chi connectivity index (χ4v) is 3.11. The minimum absolute atomic E-state index is 0.0551. The van der Waals surface area contributed by atoms with E-state index in [-0.39, 0.29) is 17.6 Å². The van der Waals surface area contributed by atoms with Gasteiger partial charge in [0.05, 0.1) is 12.7 Å². The predicted octanol–water partition coefficient (Wildman–Crippen LogP) is 2.65. The average molecular weight is 375 g/mol. The maximum atomic E-state index is 12.7. The number of nitrogens with zero attached hydrogens (tertiary/aromatic N) is 2. The second-order valence-electron chi connectivity index (χ2n) is 5.98. The second kappa shape index (κ2) is 7.66. The monoisotopic (exact) mass is 374 g/mol. The summed E-state index contributed by atoms with van der Waals surface area (Å²) in [6.07, 6.45) is 0. The van der Waals surface area contributed by atoms with Gasteiger partial charge in [0.25, 0.3) is 11.8 Å². The molecule has 7 heteroatoms. The first kappa shape index (κ1) is 18.1. The Morgan fingerprint density at radius 2 is 1.65 bits per heavy atom. The van der Waals surface area contributed by atoms with E-state index in [1.54, 1.807) is 40.1 Å². The van der Waals surface area contributed by atoms with Crippen LogP contribution in [-0.2, 0) is 0 Å². The highest BCUT2D eigenvalue weighted by Gasteiger charge is 2.27. The summed E-state index contributed by atoms with van der Waals surface area (Å²) in [5.41, 5.74) is 0.883. The summed E-state index contributed by atoms with van der Waals surface area (Å²) in [5.74, 6) is 0.181. The Hall–Kier alpha value is -2.73. The number of phenolic OH excluding ortho intramolecular Hbond substituents is 1.